The van der Waals surface area contributed by atoms with E-state index in [1.54, 1.807) is 6.92 Å². The number of hydrogen-bond donors (Lipinski definition) is 2. The topological polar surface area (TPSA) is 57.5 Å². The molecule has 0 aliphatic heterocycles. The van der Waals surface area contributed by atoms with Crippen LogP contribution in [0.25, 0.3) is 10.8 Å². The van der Waals surface area contributed by atoms with Crippen LogP contribution in [0.3, 0.4) is 0 Å². The van der Waals surface area contributed by atoms with Crippen LogP contribution in [0, 0.1) is 7.43 Å². The molecule has 8 heteroatoms. The van der Waals surface area contributed by atoms with Crippen molar-refractivity contribution in [2.75, 3.05) is 6.61 Å². The molecule has 2 aromatic carbocycles. The summed E-state index contributed by atoms with van der Waals surface area (Å²) in [6, 6.07) is 14.7. The average Bonchev–Trinajstić information content (AvgIpc) is 2.76. The van der Waals surface area contributed by atoms with Crippen molar-refractivity contribution in [1.82, 2.24) is 0 Å². The Morgan fingerprint density at radius 3 is 1.87 bits per heavy atom. The summed E-state index contributed by atoms with van der Waals surface area (Å²) in [6.45, 7) is 7.58. The first kappa shape index (κ1) is 34.6. The maximum atomic E-state index is 8.97. The fourth-order valence-electron chi connectivity index (χ4n) is 1.07. The summed E-state index contributed by atoms with van der Waals surface area (Å²) in [6.07, 6.45) is 0. The number of fused-ring (bicyclic) bond motifs is 1. The number of rotatable bonds is 0. The maximum absolute atomic E-state index is 8.97. The minimum absolute atomic E-state index is 0. The number of benzene rings is 1. The van der Waals surface area contributed by atoms with Gasteiger partial charge in [0, 0.05) is 6.61 Å². The zero-order valence-corrected chi connectivity index (χ0v) is 19.6. The third-order valence-corrected chi connectivity index (χ3v) is 1.55. The first-order valence-electron chi connectivity index (χ1n) is 6.27. The smallest absolute Gasteiger partial charge is 0.0809 e. The van der Waals surface area contributed by atoms with Gasteiger partial charge in [0.15, 0.2) is 8.32 Å². The Labute approximate surface area is 165 Å². The molecule has 0 heterocycles. The second-order valence-corrected chi connectivity index (χ2v) is 10.2. The Hall–Kier alpha value is 0.278. The van der Waals surface area contributed by atoms with Crippen LogP contribution >= 0.6 is 24.8 Å². The van der Waals surface area contributed by atoms with Crippen molar-refractivity contribution in [3.8, 4) is 0 Å². The molecule has 3 nitrogen and oxygen atoms in total. The molecule has 134 valence electrons. The Morgan fingerprint density at radius 1 is 1.17 bits per heavy atom. The largest absolute Gasteiger partial charge is 0.168 e. The molecule has 0 fully saturated rings. The minimum Gasteiger partial charge on any atom is -0.168 e. The molecule has 0 spiro atoms. The van der Waals surface area contributed by atoms with Crippen molar-refractivity contribution in [3.05, 3.63) is 49.9 Å². The molecule has 0 saturated carbocycles. The normalized spacial score (nSPS) is 7.74. The van der Waals surface area contributed by atoms with Crippen LogP contribution < -0.4 is 0 Å². The van der Waals surface area contributed by atoms with Crippen LogP contribution in [0.2, 0.25) is 19.6 Å². The zero-order chi connectivity index (χ0) is 16.0. The van der Waals surface area contributed by atoms with E-state index in [0.29, 0.717) is 0 Å². The van der Waals surface area contributed by atoms with E-state index >= 15 is 0 Å². The van der Waals surface area contributed by atoms with Gasteiger partial charge >= 0.3 is 28.8 Å². The first-order valence-corrected chi connectivity index (χ1v) is 13.2. The summed E-state index contributed by atoms with van der Waals surface area (Å²) in [5.41, 5.74) is 0. The third-order valence-electron chi connectivity index (χ3n) is 1.55. The number of aliphatic hydroxyl groups excluding tert-OH is 1. The van der Waals surface area contributed by atoms with E-state index in [4.69, 9.17) is 13.2 Å². The molecule has 0 atom stereocenters. The molecule has 2 N–H and O–H groups in total. The second-order valence-electron chi connectivity index (χ2n) is 4.74. The SMILES string of the molecule is CCO.C[Si](C)(C)O.Cl.Cl.[CH3-].[O]=[Ti]=[Si].c1ccc2[cH-]ccc2c1. The molecular formula is C15H28Cl2O3Si2Ti-2. The van der Waals surface area contributed by atoms with Gasteiger partial charge < -0.3 is 17.3 Å². The first-order chi connectivity index (χ1) is 9.29. The van der Waals surface area contributed by atoms with Crippen molar-refractivity contribution < 1.29 is 31.1 Å². The van der Waals surface area contributed by atoms with Gasteiger partial charge in [-0.15, -0.1) is 54.5 Å². The van der Waals surface area contributed by atoms with Crippen molar-refractivity contribution >= 4 is 51.5 Å². The molecule has 0 aliphatic carbocycles. The molecular weight excluding hydrogens is 403 g/mol. The molecule has 2 radical (unpaired) electrons. The van der Waals surface area contributed by atoms with Crippen LogP contribution in [0.15, 0.2) is 42.5 Å². The van der Waals surface area contributed by atoms with E-state index in [9.17, 15) is 0 Å². The van der Waals surface area contributed by atoms with E-state index in [0.717, 1.165) is 0 Å². The van der Waals surface area contributed by atoms with E-state index in [-0.39, 0.29) is 38.8 Å². The zero-order valence-electron chi connectivity index (χ0n) is 14.4. The average molecular weight is 431 g/mol. The quantitative estimate of drug-likeness (QED) is 0.487. The maximum Gasteiger partial charge on any atom is -0.0809 e. The number of aliphatic hydroxyl groups is 1. The van der Waals surface area contributed by atoms with Gasteiger partial charge in [-0.3, -0.25) is 0 Å². The van der Waals surface area contributed by atoms with E-state index in [1.165, 1.54) is 10.8 Å². The molecule has 2 aromatic rings. The molecule has 0 aromatic heterocycles. The van der Waals surface area contributed by atoms with E-state index in [2.05, 4.69) is 50.1 Å². The van der Waals surface area contributed by atoms with Crippen molar-refractivity contribution in [2.45, 2.75) is 26.6 Å². The molecule has 23 heavy (non-hydrogen) atoms. The van der Waals surface area contributed by atoms with Gasteiger partial charge in [-0.25, -0.2) is 0 Å². The van der Waals surface area contributed by atoms with Crippen LogP contribution in [0.1, 0.15) is 6.92 Å². The van der Waals surface area contributed by atoms with Crippen LogP contribution in [-0.2, 0) is 21.2 Å². The van der Waals surface area contributed by atoms with Gasteiger partial charge in [0.1, 0.15) is 0 Å². The Bertz CT molecular complexity index is 460. The summed E-state index contributed by atoms with van der Waals surface area (Å²) in [5.74, 6) is 0. The van der Waals surface area contributed by atoms with Gasteiger partial charge in [-0.2, -0.15) is 17.5 Å². The van der Waals surface area contributed by atoms with Crippen molar-refractivity contribution in [3.63, 3.8) is 0 Å². The van der Waals surface area contributed by atoms with Crippen LogP contribution in [0.4, 0.5) is 0 Å². The summed E-state index contributed by atoms with van der Waals surface area (Å²) in [7, 11) is 1.14. The third kappa shape index (κ3) is 30.7. The summed E-state index contributed by atoms with van der Waals surface area (Å²) in [5, 5.41) is 10.2. The van der Waals surface area contributed by atoms with Gasteiger partial charge in [0.05, 0.1) is 0 Å². The Kier molecular flexibility index (Phi) is 33.5. The molecule has 0 aliphatic rings. The predicted molar refractivity (Wildman–Crippen MR) is 105 cm³/mol. The van der Waals surface area contributed by atoms with Crippen LogP contribution in [0.5, 0.6) is 0 Å². The van der Waals surface area contributed by atoms with Gasteiger partial charge in [0.2, 0.25) is 0 Å². The monoisotopic (exact) mass is 430 g/mol. The molecule has 0 bridgehead atoms. The second kappa shape index (κ2) is 22.3. The molecule has 0 unspecified atom stereocenters. The van der Waals surface area contributed by atoms with Crippen LogP contribution in [-0.4, -0.2) is 32.5 Å². The minimum atomic E-state index is -1.61. The molecule has 0 amide bonds. The van der Waals surface area contributed by atoms with E-state index in [1.807, 2.05) is 19.6 Å². The summed E-state index contributed by atoms with van der Waals surface area (Å²) < 4.78 is 8.97. The van der Waals surface area contributed by atoms with Gasteiger partial charge in [0.25, 0.3) is 0 Å². The fraction of sp³-hybridized carbons (Fsp3) is 0.333. The molecule has 2 rings (SSSR count). The Balaban J connectivity index is -0.0000000682. The van der Waals surface area contributed by atoms with Crippen molar-refractivity contribution in [2.24, 2.45) is 0 Å². The summed E-state index contributed by atoms with van der Waals surface area (Å²) in [4.78, 5) is 8.66. The summed E-state index contributed by atoms with van der Waals surface area (Å²) >= 11 is -0.944. The van der Waals surface area contributed by atoms with Gasteiger partial charge in [-0.1, -0.05) is 6.07 Å². The number of hydrogen-bond acceptors (Lipinski definition) is 3. The van der Waals surface area contributed by atoms with Gasteiger partial charge in [-0.05, 0) is 26.6 Å². The Morgan fingerprint density at radius 2 is 1.52 bits per heavy atom. The van der Waals surface area contributed by atoms with E-state index < -0.39 is 26.2 Å². The fourth-order valence-corrected chi connectivity index (χ4v) is 1.07. The predicted octanol–water partition coefficient (Wildman–Crippen LogP) is 4.16. The standard InChI is InChI=1S/C9H7.C3H10OSi.C2H6O.CH3.2ClH.O.Si.Ti/c1-2-5-9-7-3-6-8(9)4-1;1-5(2,3)4;1-2-3;;;;;;/h1-7H;4H,1-3H3;3H,2H2,1H3;1H3;2*1H;;;/q-1;;;-1;;;;;. The molecule has 0 saturated heterocycles. The van der Waals surface area contributed by atoms with Crippen molar-refractivity contribution in [1.29, 1.82) is 0 Å². The number of halogens is 2.